The van der Waals surface area contributed by atoms with Gasteiger partial charge in [-0.05, 0) is 48.6 Å². The highest BCUT2D eigenvalue weighted by atomic mass is 127. The van der Waals surface area contributed by atoms with Crippen LogP contribution < -0.4 is 5.56 Å². The fraction of sp³-hybridized carbons (Fsp3) is 0.214. The largest absolute Gasteiger partial charge is 0.310 e. The van der Waals surface area contributed by atoms with Crippen LogP contribution in [0.25, 0.3) is 16.9 Å². The van der Waals surface area contributed by atoms with Gasteiger partial charge in [0.25, 0.3) is 5.56 Å². The van der Waals surface area contributed by atoms with E-state index in [1.54, 1.807) is 4.57 Å². The van der Waals surface area contributed by atoms with Crippen LogP contribution in [0.4, 0.5) is 0 Å². The summed E-state index contributed by atoms with van der Waals surface area (Å²) in [6.07, 6.45) is 1.86. The Morgan fingerprint density at radius 3 is 2.60 bits per heavy atom. The smallest absolute Gasteiger partial charge is 0.263 e. The second-order valence-corrected chi connectivity index (χ2v) is 6.34. The van der Waals surface area contributed by atoms with Crippen molar-refractivity contribution in [3.63, 3.8) is 0 Å². The lowest BCUT2D eigenvalue weighted by Gasteiger charge is -2.07. The number of aromatic nitrogens is 3. The third kappa shape index (κ3) is 2.00. The Morgan fingerprint density at radius 2 is 2.00 bits per heavy atom. The number of aromatic amines is 1. The fourth-order valence-corrected chi connectivity index (χ4v) is 3.38. The van der Waals surface area contributed by atoms with E-state index in [1.807, 2.05) is 49.0 Å². The minimum atomic E-state index is 0.0291. The Balaban J connectivity index is 2.27. The van der Waals surface area contributed by atoms with Crippen LogP contribution in [0.3, 0.4) is 0 Å². The summed E-state index contributed by atoms with van der Waals surface area (Å²) in [5.41, 5.74) is 2.40. The molecule has 2 aliphatic rings. The van der Waals surface area contributed by atoms with Crippen LogP contribution in [-0.2, 0) is 0 Å². The highest BCUT2D eigenvalue weighted by Crippen LogP contribution is 2.29. The molecule has 0 atom stereocenters. The molecule has 0 aliphatic carbocycles. The first-order chi connectivity index (χ1) is 9.50. The molecule has 0 bridgehead atoms. The molecule has 0 unspecified atom stereocenters. The van der Waals surface area contributed by atoms with Gasteiger partial charge in [-0.3, -0.25) is 9.89 Å². The molecule has 104 valence electrons. The van der Waals surface area contributed by atoms with Crippen LogP contribution >= 0.6 is 34.2 Å². The van der Waals surface area contributed by atoms with Gasteiger partial charge < -0.3 is 4.57 Å². The summed E-state index contributed by atoms with van der Waals surface area (Å²) >= 11 is 8.40. The number of rotatable bonds is 2. The average molecular weight is 402 g/mol. The summed E-state index contributed by atoms with van der Waals surface area (Å²) in [7, 11) is 0. The Kier molecular flexibility index (Phi) is 3.41. The van der Waals surface area contributed by atoms with E-state index >= 15 is 0 Å². The molecule has 3 rings (SSSR count). The number of halogens is 2. The summed E-state index contributed by atoms with van der Waals surface area (Å²) in [6.45, 7) is 3.99. The molecule has 2 aliphatic heterocycles. The van der Waals surface area contributed by atoms with Gasteiger partial charge in [0.15, 0.2) is 0 Å². The Labute approximate surface area is 134 Å². The van der Waals surface area contributed by atoms with Gasteiger partial charge >= 0.3 is 0 Å². The number of benzene rings is 1. The van der Waals surface area contributed by atoms with Crippen LogP contribution in [0.15, 0.2) is 35.3 Å². The van der Waals surface area contributed by atoms with Gasteiger partial charge in [0.05, 0.1) is 22.0 Å². The number of hydrogen-bond acceptors (Lipinski definition) is 1. The highest BCUT2D eigenvalue weighted by molar-refractivity contribution is 14.1. The average Bonchev–Trinajstić information content (AvgIpc) is 2.89. The van der Waals surface area contributed by atoms with Crippen LogP contribution in [0.1, 0.15) is 19.9 Å². The van der Waals surface area contributed by atoms with Crippen LogP contribution in [0.5, 0.6) is 0 Å². The molecule has 2 heterocycles. The van der Waals surface area contributed by atoms with Crippen molar-refractivity contribution in [3.8, 4) is 16.9 Å². The van der Waals surface area contributed by atoms with E-state index in [9.17, 15) is 4.79 Å². The van der Waals surface area contributed by atoms with Crippen molar-refractivity contribution in [2.75, 3.05) is 0 Å². The van der Waals surface area contributed by atoms with Crippen molar-refractivity contribution in [1.82, 2.24) is 14.3 Å². The lowest BCUT2D eigenvalue weighted by Crippen LogP contribution is -2.17. The number of fused-ring (bicyclic) bond motifs is 1. The minimum Gasteiger partial charge on any atom is -0.310 e. The van der Waals surface area contributed by atoms with Gasteiger partial charge in [-0.1, -0.05) is 23.7 Å². The van der Waals surface area contributed by atoms with Crippen molar-refractivity contribution in [3.05, 3.63) is 49.5 Å². The standard InChI is InChI=1S/C14H13ClIN3O/c1-8(2)18-7-10-12(14(18)20)13(16)19(17-10)11-6-4-3-5-9(11)15/h3-8,17H,1-2H3. The first kappa shape index (κ1) is 13.8. The van der Waals surface area contributed by atoms with Gasteiger partial charge in [0.1, 0.15) is 3.70 Å². The van der Waals surface area contributed by atoms with Crippen molar-refractivity contribution in [1.29, 1.82) is 0 Å². The van der Waals surface area contributed by atoms with Gasteiger partial charge in [-0.15, -0.1) is 0 Å². The minimum absolute atomic E-state index is 0.0291. The molecule has 0 saturated carbocycles. The molecule has 0 spiro atoms. The number of para-hydroxylation sites is 1. The number of H-pyrrole nitrogens is 1. The second kappa shape index (κ2) is 4.96. The van der Waals surface area contributed by atoms with Gasteiger partial charge in [0.2, 0.25) is 0 Å². The summed E-state index contributed by atoms with van der Waals surface area (Å²) in [5.74, 6) is 0. The first-order valence-electron chi connectivity index (χ1n) is 6.26. The van der Waals surface area contributed by atoms with E-state index in [4.69, 9.17) is 11.6 Å². The Bertz CT molecular complexity index is 799. The molecule has 1 N–H and O–H groups in total. The summed E-state index contributed by atoms with van der Waals surface area (Å²) in [6, 6.07) is 7.70. The molecular weight excluding hydrogens is 389 g/mol. The van der Waals surface area contributed by atoms with Gasteiger partial charge in [-0.2, -0.15) is 0 Å². The molecule has 0 radical (unpaired) electrons. The molecule has 1 aromatic carbocycles. The SMILES string of the molecule is CC(C)n1cc2[nH]n(-c3ccccc3Cl)c(I)c-2c1=O. The van der Waals surface area contributed by atoms with Crippen molar-refractivity contribution >= 4 is 34.2 Å². The molecule has 6 heteroatoms. The monoisotopic (exact) mass is 401 g/mol. The first-order valence-corrected chi connectivity index (χ1v) is 7.72. The lowest BCUT2D eigenvalue weighted by atomic mass is 10.3. The normalized spacial score (nSPS) is 11.7. The number of nitrogens with zero attached hydrogens (tertiary/aromatic N) is 2. The molecule has 0 fully saturated rings. The zero-order chi connectivity index (χ0) is 14.4. The lowest BCUT2D eigenvalue weighted by molar-refractivity contribution is 0.587. The third-order valence-corrected chi connectivity index (χ3v) is 4.61. The van der Waals surface area contributed by atoms with Crippen molar-refractivity contribution in [2.45, 2.75) is 19.9 Å². The Morgan fingerprint density at radius 1 is 1.30 bits per heavy atom. The van der Waals surface area contributed by atoms with E-state index in [0.717, 1.165) is 15.1 Å². The summed E-state index contributed by atoms with van der Waals surface area (Å²) < 4.78 is 4.43. The molecule has 1 aromatic rings. The third-order valence-electron chi connectivity index (χ3n) is 3.27. The molecule has 0 saturated heterocycles. The van der Waals surface area contributed by atoms with Crippen LogP contribution in [-0.4, -0.2) is 14.3 Å². The summed E-state index contributed by atoms with van der Waals surface area (Å²) in [4.78, 5) is 12.4. The van der Waals surface area contributed by atoms with E-state index < -0.39 is 0 Å². The molecule has 0 amide bonds. The van der Waals surface area contributed by atoms with E-state index in [1.165, 1.54) is 0 Å². The van der Waals surface area contributed by atoms with Crippen molar-refractivity contribution in [2.24, 2.45) is 0 Å². The van der Waals surface area contributed by atoms with E-state index in [0.29, 0.717) is 10.6 Å². The van der Waals surface area contributed by atoms with Crippen LogP contribution in [0.2, 0.25) is 5.02 Å². The highest BCUT2D eigenvalue weighted by Gasteiger charge is 2.23. The molecule has 20 heavy (non-hydrogen) atoms. The van der Waals surface area contributed by atoms with Crippen LogP contribution in [0, 0.1) is 3.70 Å². The number of nitrogens with one attached hydrogen (secondary N) is 1. The van der Waals surface area contributed by atoms with E-state index in [-0.39, 0.29) is 11.6 Å². The predicted octanol–water partition coefficient (Wildman–Crippen LogP) is 3.91. The number of hydrogen-bond donors (Lipinski definition) is 1. The van der Waals surface area contributed by atoms with E-state index in [2.05, 4.69) is 27.7 Å². The Hall–Kier alpha value is -1.21. The quantitative estimate of drug-likeness (QED) is 0.650. The molecular formula is C14H13ClIN3O. The fourth-order valence-electron chi connectivity index (χ4n) is 2.25. The van der Waals surface area contributed by atoms with Gasteiger partial charge in [-0.25, -0.2) is 4.68 Å². The maximum absolute atomic E-state index is 12.4. The maximum atomic E-state index is 12.4. The zero-order valence-electron chi connectivity index (χ0n) is 11.0. The second-order valence-electron chi connectivity index (χ2n) is 4.91. The van der Waals surface area contributed by atoms with Gasteiger partial charge in [0, 0.05) is 12.2 Å². The maximum Gasteiger partial charge on any atom is 0.263 e. The summed E-state index contributed by atoms with van der Waals surface area (Å²) in [5, 5.41) is 3.88. The molecule has 4 nitrogen and oxygen atoms in total. The predicted molar refractivity (Wildman–Crippen MR) is 89.1 cm³/mol. The topological polar surface area (TPSA) is 42.7 Å². The zero-order valence-corrected chi connectivity index (χ0v) is 13.9. The molecule has 0 aromatic heterocycles. The van der Waals surface area contributed by atoms with Crippen molar-refractivity contribution < 1.29 is 0 Å².